The third kappa shape index (κ3) is 6.83. The Bertz CT molecular complexity index is 617. The summed E-state index contributed by atoms with van der Waals surface area (Å²) in [5, 5.41) is 18.7. The Hall–Kier alpha value is -2.07. The second-order valence-electron chi connectivity index (χ2n) is 6.84. The lowest BCUT2D eigenvalue weighted by atomic mass is 9.84. The van der Waals surface area contributed by atoms with Crippen molar-refractivity contribution in [3.8, 4) is 0 Å². The zero-order chi connectivity index (χ0) is 20.5. The van der Waals surface area contributed by atoms with Crippen LogP contribution in [0.5, 0.6) is 0 Å². The van der Waals surface area contributed by atoms with Gasteiger partial charge in [-0.15, -0.1) is 0 Å². The number of aliphatic imine (C=N–C) groups is 1. The Balaban J connectivity index is 1.66. The molecule has 0 saturated carbocycles. The summed E-state index contributed by atoms with van der Waals surface area (Å²) in [6.45, 7) is 3.32. The SMILES string of the molecule is CN=C(NCCCNc1ccc(C(F)(F)F)cn1)NCC1(CCO)CCOC1. The molecule has 1 aromatic rings. The first kappa shape index (κ1) is 22.2. The Labute approximate surface area is 162 Å². The average Bonchev–Trinajstić information content (AvgIpc) is 3.12. The van der Waals surface area contributed by atoms with Crippen molar-refractivity contribution < 1.29 is 23.0 Å². The highest BCUT2D eigenvalue weighted by atomic mass is 19.4. The zero-order valence-corrected chi connectivity index (χ0v) is 16.0. The molecule has 0 radical (unpaired) electrons. The molecule has 2 rings (SSSR count). The number of anilines is 1. The van der Waals surface area contributed by atoms with Crippen LogP contribution in [0.4, 0.5) is 19.0 Å². The van der Waals surface area contributed by atoms with Crippen molar-refractivity contribution in [3.05, 3.63) is 23.9 Å². The van der Waals surface area contributed by atoms with E-state index in [0.717, 1.165) is 25.1 Å². The predicted octanol–water partition coefficient (Wildman–Crippen LogP) is 1.86. The summed E-state index contributed by atoms with van der Waals surface area (Å²) in [4.78, 5) is 7.95. The topological polar surface area (TPSA) is 90.8 Å². The van der Waals surface area contributed by atoms with Gasteiger partial charge in [-0.25, -0.2) is 4.98 Å². The van der Waals surface area contributed by atoms with Crippen molar-refractivity contribution in [2.24, 2.45) is 10.4 Å². The number of nitrogens with one attached hydrogen (secondary N) is 3. The van der Waals surface area contributed by atoms with E-state index in [0.29, 0.717) is 51.0 Å². The minimum absolute atomic E-state index is 0.0673. The molecule has 1 aromatic heterocycles. The Morgan fingerprint density at radius 1 is 1.32 bits per heavy atom. The van der Waals surface area contributed by atoms with E-state index in [9.17, 15) is 18.3 Å². The number of aliphatic hydroxyl groups is 1. The largest absolute Gasteiger partial charge is 0.417 e. The summed E-state index contributed by atoms with van der Waals surface area (Å²) in [5.41, 5.74) is -0.830. The van der Waals surface area contributed by atoms with Crippen LogP contribution < -0.4 is 16.0 Å². The molecule has 1 aliphatic rings. The van der Waals surface area contributed by atoms with E-state index in [1.165, 1.54) is 6.07 Å². The summed E-state index contributed by atoms with van der Waals surface area (Å²) in [5.74, 6) is 1.07. The van der Waals surface area contributed by atoms with E-state index < -0.39 is 11.7 Å². The van der Waals surface area contributed by atoms with Gasteiger partial charge in [-0.2, -0.15) is 13.2 Å². The Morgan fingerprint density at radius 3 is 2.71 bits per heavy atom. The van der Waals surface area contributed by atoms with Crippen LogP contribution in [0.3, 0.4) is 0 Å². The zero-order valence-electron chi connectivity index (χ0n) is 16.0. The van der Waals surface area contributed by atoms with Crippen molar-refractivity contribution in [2.75, 3.05) is 51.8 Å². The summed E-state index contributed by atoms with van der Waals surface area (Å²) in [7, 11) is 1.68. The number of alkyl halides is 3. The molecule has 1 saturated heterocycles. The van der Waals surface area contributed by atoms with Crippen LogP contribution in [0.2, 0.25) is 0 Å². The normalized spacial score (nSPS) is 20.2. The van der Waals surface area contributed by atoms with Crippen LogP contribution in [0, 0.1) is 5.41 Å². The van der Waals surface area contributed by atoms with Crippen molar-refractivity contribution >= 4 is 11.8 Å². The maximum atomic E-state index is 12.5. The molecule has 1 atom stereocenters. The van der Waals surface area contributed by atoms with Gasteiger partial charge in [0.15, 0.2) is 5.96 Å². The molecule has 2 heterocycles. The number of guanidine groups is 1. The highest BCUT2D eigenvalue weighted by Gasteiger charge is 2.34. The highest BCUT2D eigenvalue weighted by molar-refractivity contribution is 5.79. The molecule has 158 valence electrons. The molecule has 1 aliphatic heterocycles. The van der Waals surface area contributed by atoms with Gasteiger partial charge in [-0.1, -0.05) is 0 Å². The second-order valence-corrected chi connectivity index (χ2v) is 6.84. The quantitative estimate of drug-likeness (QED) is 0.286. The highest BCUT2D eigenvalue weighted by Crippen LogP contribution is 2.31. The standard InChI is InChI=1S/C18H28F3N5O2/c1-22-16(26-12-17(5-9-27)6-10-28-13-17)24-8-2-7-23-15-4-3-14(11-25-15)18(19,20)21/h3-4,11,27H,2,5-10,12-13H2,1H3,(H,23,25)(H2,22,24,26). The number of aromatic nitrogens is 1. The molecular formula is C18H28F3N5O2. The van der Waals surface area contributed by atoms with E-state index in [-0.39, 0.29) is 12.0 Å². The number of pyridine rings is 1. The van der Waals surface area contributed by atoms with Crippen LogP contribution in [-0.4, -0.2) is 62.6 Å². The van der Waals surface area contributed by atoms with Crippen LogP contribution in [-0.2, 0) is 10.9 Å². The Kier molecular flexibility index (Phi) is 8.31. The number of hydrogen-bond acceptors (Lipinski definition) is 5. The van der Waals surface area contributed by atoms with Crippen LogP contribution in [0.15, 0.2) is 23.3 Å². The fourth-order valence-electron chi connectivity index (χ4n) is 2.98. The fourth-order valence-corrected chi connectivity index (χ4v) is 2.98. The number of rotatable bonds is 9. The van der Waals surface area contributed by atoms with Gasteiger partial charge in [-0.05, 0) is 31.4 Å². The van der Waals surface area contributed by atoms with Gasteiger partial charge in [0.1, 0.15) is 5.82 Å². The smallest absolute Gasteiger partial charge is 0.396 e. The van der Waals surface area contributed by atoms with Crippen molar-refractivity contribution in [1.29, 1.82) is 0 Å². The van der Waals surface area contributed by atoms with E-state index in [2.05, 4.69) is 25.9 Å². The minimum Gasteiger partial charge on any atom is -0.396 e. The van der Waals surface area contributed by atoms with Gasteiger partial charge in [0, 0.05) is 51.5 Å². The fraction of sp³-hybridized carbons (Fsp3) is 0.667. The first-order chi connectivity index (χ1) is 13.4. The summed E-state index contributed by atoms with van der Waals surface area (Å²) in [6, 6.07) is 2.33. The molecule has 0 spiro atoms. The Morgan fingerprint density at radius 2 is 2.14 bits per heavy atom. The van der Waals surface area contributed by atoms with Gasteiger partial charge in [0.05, 0.1) is 12.2 Å². The molecule has 0 amide bonds. The monoisotopic (exact) mass is 403 g/mol. The second kappa shape index (κ2) is 10.5. The lowest BCUT2D eigenvalue weighted by Gasteiger charge is -2.27. The van der Waals surface area contributed by atoms with Crippen LogP contribution >= 0.6 is 0 Å². The molecule has 0 bridgehead atoms. The van der Waals surface area contributed by atoms with Crippen molar-refractivity contribution in [3.63, 3.8) is 0 Å². The number of aliphatic hydroxyl groups excluding tert-OH is 1. The van der Waals surface area contributed by atoms with Gasteiger partial charge in [0.25, 0.3) is 0 Å². The average molecular weight is 403 g/mol. The van der Waals surface area contributed by atoms with Gasteiger partial charge >= 0.3 is 6.18 Å². The lowest BCUT2D eigenvalue weighted by Crippen LogP contribution is -2.44. The van der Waals surface area contributed by atoms with Gasteiger partial charge < -0.3 is 25.8 Å². The molecule has 0 aliphatic carbocycles. The van der Waals surface area contributed by atoms with E-state index in [1.807, 2.05) is 0 Å². The first-order valence-electron chi connectivity index (χ1n) is 9.29. The van der Waals surface area contributed by atoms with E-state index in [4.69, 9.17) is 4.74 Å². The molecule has 4 N–H and O–H groups in total. The third-order valence-corrected chi connectivity index (χ3v) is 4.72. The maximum Gasteiger partial charge on any atom is 0.417 e. The van der Waals surface area contributed by atoms with E-state index in [1.54, 1.807) is 7.05 Å². The molecule has 28 heavy (non-hydrogen) atoms. The number of hydrogen-bond donors (Lipinski definition) is 4. The summed E-state index contributed by atoms with van der Waals surface area (Å²) < 4.78 is 43.0. The molecule has 10 heteroatoms. The van der Waals surface area contributed by atoms with Crippen molar-refractivity contribution in [1.82, 2.24) is 15.6 Å². The van der Waals surface area contributed by atoms with Crippen LogP contribution in [0.1, 0.15) is 24.8 Å². The number of halogens is 3. The first-order valence-corrected chi connectivity index (χ1v) is 9.29. The number of ether oxygens (including phenoxy) is 1. The van der Waals surface area contributed by atoms with Crippen molar-refractivity contribution in [2.45, 2.75) is 25.4 Å². The molecule has 1 fully saturated rings. The minimum atomic E-state index is -4.38. The number of nitrogens with zero attached hydrogens (tertiary/aromatic N) is 2. The van der Waals surface area contributed by atoms with E-state index >= 15 is 0 Å². The molecule has 1 unspecified atom stereocenters. The van der Waals surface area contributed by atoms with Gasteiger partial charge in [-0.3, -0.25) is 4.99 Å². The maximum absolute atomic E-state index is 12.5. The lowest BCUT2D eigenvalue weighted by molar-refractivity contribution is -0.137. The van der Waals surface area contributed by atoms with Gasteiger partial charge in [0.2, 0.25) is 0 Å². The molecule has 0 aromatic carbocycles. The predicted molar refractivity (Wildman–Crippen MR) is 101 cm³/mol. The summed E-state index contributed by atoms with van der Waals surface area (Å²) >= 11 is 0. The van der Waals surface area contributed by atoms with Crippen LogP contribution in [0.25, 0.3) is 0 Å². The third-order valence-electron chi connectivity index (χ3n) is 4.72. The molecular weight excluding hydrogens is 375 g/mol. The summed E-state index contributed by atoms with van der Waals surface area (Å²) in [6.07, 6.45) is -1.24. The molecule has 7 nitrogen and oxygen atoms in total.